The van der Waals surface area contributed by atoms with Gasteiger partial charge < -0.3 is 5.32 Å². The topological polar surface area (TPSA) is 46.2 Å². The number of carbonyl (C=O) groups is 2. The lowest BCUT2D eigenvalue weighted by molar-refractivity contribution is -0.127. The van der Waals surface area contributed by atoms with Crippen molar-refractivity contribution in [3.8, 4) is 0 Å². The first-order chi connectivity index (χ1) is 6.18. The second-order valence-corrected chi connectivity index (χ2v) is 3.81. The van der Waals surface area contributed by atoms with Crippen LogP contribution in [0.4, 0.5) is 0 Å². The van der Waals surface area contributed by atoms with E-state index in [1.54, 1.807) is 0 Å². The molecule has 3 heteroatoms. The highest BCUT2D eigenvalue weighted by Crippen LogP contribution is 2.28. The monoisotopic (exact) mass is 183 g/mol. The molecule has 0 aromatic heterocycles. The Morgan fingerprint density at radius 1 is 1.38 bits per heavy atom. The van der Waals surface area contributed by atoms with Gasteiger partial charge in [-0.1, -0.05) is 19.3 Å². The van der Waals surface area contributed by atoms with Crippen LogP contribution in [0.2, 0.25) is 0 Å². The van der Waals surface area contributed by atoms with E-state index in [4.69, 9.17) is 0 Å². The summed E-state index contributed by atoms with van der Waals surface area (Å²) in [5.74, 6) is 0.616. The van der Waals surface area contributed by atoms with Crippen LogP contribution in [0, 0.1) is 5.92 Å². The lowest BCUT2D eigenvalue weighted by Crippen LogP contribution is -2.28. The summed E-state index contributed by atoms with van der Waals surface area (Å²) in [4.78, 5) is 21.6. The second kappa shape index (κ2) is 5.00. The summed E-state index contributed by atoms with van der Waals surface area (Å²) in [6.07, 6.45) is 5.06. The molecule has 0 bridgehead atoms. The number of hydrogen-bond donors (Lipinski definition) is 1. The van der Waals surface area contributed by atoms with Crippen LogP contribution in [0.5, 0.6) is 0 Å². The van der Waals surface area contributed by atoms with Gasteiger partial charge in [-0.25, -0.2) is 0 Å². The number of nitrogens with one attached hydrogen (secondary N) is 1. The molecule has 0 spiro atoms. The quantitative estimate of drug-likeness (QED) is 0.652. The van der Waals surface area contributed by atoms with Crippen molar-refractivity contribution in [1.82, 2.24) is 5.32 Å². The Labute approximate surface area is 78.9 Å². The highest BCUT2D eigenvalue weighted by atomic mass is 16.2. The Bertz CT molecular complexity index is 197. The fraction of sp³-hybridized carbons (Fsp3) is 0.800. The molecule has 0 unspecified atom stereocenters. The molecule has 1 aliphatic rings. The predicted octanol–water partition coefficient (Wildman–Crippen LogP) is 1.27. The molecule has 1 N–H and O–H groups in total. The summed E-state index contributed by atoms with van der Waals surface area (Å²) in [6, 6.07) is 0. The standard InChI is InChI=1S/C10H17NO2/c1-8(12)7-10(13)11-6-5-9-3-2-4-9/h9H,2-7H2,1H3,(H,11,13). The number of hydrogen-bond acceptors (Lipinski definition) is 2. The minimum absolute atomic E-state index is 0.0324. The van der Waals surface area contributed by atoms with Gasteiger partial charge in [0.15, 0.2) is 0 Å². The Morgan fingerprint density at radius 3 is 2.54 bits per heavy atom. The highest BCUT2D eigenvalue weighted by Gasteiger charge is 2.16. The fourth-order valence-corrected chi connectivity index (χ4v) is 1.49. The summed E-state index contributed by atoms with van der Waals surface area (Å²) in [6.45, 7) is 2.17. The minimum Gasteiger partial charge on any atom is -0.356 e. The first kappa shape index (κ1) is 10.2. The number of rotatable bonds is 5. The SMILES string of the molecule is CC(=O)CC(=O)NCCC1CCC1. The van der Waals surface area contributed by atoms with Gasteiger partial charge in [0.1, 0.15) is 5.78 Å². The van der Waals surface area contributed by atoms with E-state index in [0.717, 1.165) is 18.9 Å². The molecule has 74 valence electrons. The lowest BCUT2D eigenvalue weighted by atomic mass is 9.83. The number of carbonyl (C=O) groups excluding carboxylic acids is 2. The third kappa shape index (κ3) is 4.06. The van der Waals surface area contributed by atoms with Crippen LogP contribution in [0.15, 0.2) is 0 Å². The number of ketones is 1. The van der Waals surface area contributed by atoms with E-state index in [-0.39, 0.29) is 18.1 Å². The average Bonchev–Trinajstić information content (AvgIpc) is 1.92. The van der Waals surface area contributed by atoms with Crippen LogP contribution in [0.3, 0.4) is 0 Å². The van der Waals surface area contributed by atoms with E-state index in [9.17, 15) is 9.59 Å². The Morgan fingerprint density at radius 2 is 2.08 bits per heavy atom. The van der Waals surface area contributed by atoms with E-state index >= 15 is 0 Å². The third-order valence-corrected chi connectivity index (χ3v) is 2.51. The molecule has 13 heavy (non-hydrogen) atoms. The third-order valence-electron chi connectivity index (χ3n) is 2.51. The molecular weight excluding hydrogens is 166 g/mol. The lowest BCUT2D eigenvalue weighted by Gasteiger charge is -2.25. The van der Waals surface area contributed by atoms with Crippen molar-refractivity contribution < 1.29 is 9.59 Å². The van der Waals surface area contributed by atoms with Crippen molar-refractivity contribution in [3.05, 3.63) is 0 Å². The molecule has 0 saturated heterocycles. The van der Waals surface area contributed by atoms with E-state index < -0.39 is 0 Å². The first-order valence-corrected chi connectivity index (χ1v) is 4.94. The van der Waals surface area contributed by atoms with Gasteiger partial charge in [-0.3, -0.25) is 9.59 Å². The molecule has 0 aromatic rings. The minimum atomic E-state index is -0.133. The molecular formula is C10H17NO2. The van der Waals surface area contributed by atoms with Gasteiger partial charge in [-0.15, -0.1) is 0 Å². The zero-order valence-electron chi connectivity index (χ0n) is 8.14. The summed E-state index contributed by atoms with van der Waals surface area (Å²) < 4.78 is 0. The molecule has 1 fully saturated rings. The Balaban J connectivity index is 1.97. The number of amides is 1. The summed E-state index contributed by atoms with van der Waals surface area (Å²) in [5.41, 5.74) is 0. The van der Waals surface area contributed by atoms with E-state index in [2.05, 4.69) is 5.32 Å². The Hall–Kier alpha value is -0.860. The van der Waals surface area contributed by atoms with Crippen molar-refractivity contribution in [2.75, 3.05) is 6.54 Å². The molecule has 0 atom stereocenters. The maximum atomic E-state index is 11.0. The van der Waals surface area contributed by atoms with Crippen LogP contribution < -0.4 is 5.32 Å². The van der Waals surface area contributed by atoms with Crippen molar-refractivity contribution in [3.63, 3.8) is 0 Å². The molecule has 1 amide bonds. The molecule has 0 radical (unpaired) electrons. The van der Waals surface area contributed by atoms with E-state index in [1.165, 1.54) is 26.2 Å². The van der Waals surface area contributed by atoms with Gasteiger partial charge in [-0.05, 0) is 19.3 Å². The van der Waals surface area contributed by atoms with Crippen molar-refractivity contribution in [1.29, 1.82) is 0 Å². The van der Waals surface area contributed by atoms with Crippen LogP contribution in [0.1, 0.15) is 39.0 Å². The van der Waals surface area contributed by atoms with E-state index in [1.807, 2.05) is 0 Å². The van der Waals surface area contributed by atoms with Crippen molar-refractivity contribution in [2.24, 2.45) is 5.92 Å². The van der Waals surface area contributed by atoms with Gasteiger partial charge in [0.25, 0.3) is 0 Å². The van der Waals surface area contributed by atoms with Crippen molar-refractivity contribution in [2.45, 2.75) is 39.0 Å². The summed E-state index contributed by atoms with van der Waals surface area (Å²) in [7, 11) is 0. The molecule has 0 aliphatic heterocycles. The van der Waals surface area contributed by atoms with Gasteiger partial charge in [0.2, 0.25) is 5.91 Å². The van der Waals surface area contributed by atoms with Gasteiger partial charge in [0.05, 0.1) is 6.42 Å². The molecule has 1 aliphatic carbocycles. The van der Waals surface area contributed by atoms with Gasteiger partial charge >= 0.3 is 0 Å². The van der Waals surface area contributed by atoms with Crippen LogP contribution in [0.25, 0.3) is 0 Å². The zero-order valence-corrected chi connectivity index (χ0v) is 8.14. The molecule has 3 nitrogen and oxygen atoms in total. The molecule has 1 rings (SSSR count). The predicted molar refractivity (Wildman–Crippen MR) is 50.3 cm³/mol. The Kier molecular flexibility index (Phi) is 3.93. The first-order valence-electron chi connectivity index (χ1n) is 4.94. The summed E-state index contributed by atoms with van der Waals surface area (Å²) >= 11 is 0. The van der Waals surface area contributed by atoms with Crippen molar-refractivity contribution >= 4 is 11.7 Å². The highest BCUT2D eigenvalue weighted by molar-refractivity contribution is 5.96. The van der Waals surface area contributed by atoms with Crippen LogP contribution in [-0.2, 0) is 9.59 Å². The number of Topliss-reactive ketones (excluding diaryl/α,β-unsaturated/α-hetero) is 1. The normalized spacial score (nSPS) is 16.4. The maximum Gasteiger partial charge on any atom is 0.227 e. The van der Waals surface area contributed by atoms with Gasteiger partial charge in [0, 0.05) is 6.54 Å². The maximum absolute atomic E-state index is 11.0. The largest absolute Gasteiger partial charge is 0.356 e. The molecule has 1 saturated carbocycles. The fourth-order valence-electron chi connectivity index (χ4n) is 1.49. The van der Waals surface area contributed by atoms with Gasteiger partial charge in [-0.2, -0.15) is 0 Å². The second-order valence-electron chi connectivity index (χ2n) is 3.81. The van der Waals surface area contributed by atoms with Crippen LogP contribution in [-0.4, -0.2) is 18.2 Å². The smallest absolute Gasteiger partial charge is 0.227 e. The van der Waals surface area contributed by atoms with E-state index in [0.29, 0.717) is 0 Å². The average molecular weight is 183 g/mol. The van der Waals surface area contributed by atoms with Crippen LogP contribution >= 0.6 is 0 Å². The zero-order chi connectivity index (χ0) is 9.68. The molecule has 0 aromatic carbocycles. The summed E-state index contributed by atoms with van der Waals surface area (Å²) in [5, 5.41) is 2.75. The molecule has 0 heterocycles.